The van der Waals surface area contributed by atoms with E-state index in [1.807, 2.05) is 26.0 Å². The lowest BCUT2D eigenvalue weighted by atomic mass is 9.96. The predicted molar refractivity (Wildman–Crippen MR) is 117 cm³/mol. The van der Waals surface area contributed by atoms with Crippen LogP contribution >= 0.6 is 11.6 Å². The van der Waals surface area contributed by atoms with Crippen molar-refractivity contribution in [3.63, 3.8) is 0 Å². The highest BCUT2D eigenvalue weighted by molar-refractivity contribution is 6.33. The number of fused-ring (bicyclic) bond motifs is 1. The maximum atomic E-state index is 13.4. The van der Waals surface area contributed by atoms with Crippen molar-refractivity contribution in [3.05, 3.63) is 63.8 Å². The van der Waals surface area contributed by atoms with Crippen LogP contribution in [0, 0.1) is 13.8 Å². The summed E-state index contributed by atoms with van der Waals surface area (Å²) in [5.41, 5.74) is 3.74. The van der Waals surface area contributed by atoms with Gasteiger partial charge in [-0.1, -0.05) is 29.3 Å². The minimum absolute atomic E-state index is 0.0179. The Labute approximate surface area is 180 Å². The molecule has 1 aliphatic rings. The summed E-state index contributed by atoms with van der Waals surface area (Å²) < 4.78 is 12.5. The van der Waals surface area contributed by atoms with Gasteiger partial charge in [0.25, 0.3) is 5.91 Å². The van der Waals surface area contributed by atoms with Crippen LogP contribution in [0.2, 0.25) is 5.02 Å². The summed E-state index contributed by atoms with van der Waals surface area (Å²) in [6.45, 7) is 3.82. The molecule has 4 rings (SSSR count). The number of aryl methyl sites for hydroxylation is 1. The molecule has 6 heteroatoms. The first-order valence-corrected chi connectivity index (χ1v) is 10.4. The van der Waals surface area contributed by atoms with Gasteiger partial charge in [-0.3, -0.25) is 14.2 Å². The lowest BCUT2D eigenvalue weighted by Crippen LogP contribution is -2.26. The minimum Gasteiger partial charge on any atom is -0.495 e. The van der Waals surface area contributed by atoms with E-state index in [4.69, 9.17) is 21.1 Å². The molecule has 0 atom stereocenters. The van der Waals surface area contributed by atoms with Crippen LogP contribution in [0.4, 0.5) is 0 Å². The van der Waals surface area contributed by atoms with Crippen molar-refractivity contribution in [1.82, 2.24) is 4.57 Å². The van der Waals surface area contributed by atoms with Crippen LogP contribution in [-0.4, -0.2) is 29.7 Å². The van der Waals surface area contributed by atoms with Gasteiger partial charge < -0.3 is 9.47 Å². The van der Waals surface area contributed by atoms with Crippen LogP contribution in [0.5, 0.6) is 5.75 Å². The number of carbonyl (C=O) groups excluding carboxylic acids is 2. The zero-order chi connectivity index (χ0) is 21.4. The number of ether oxygens (including phenoxy) is 2. The Hall–Kier alpha value is -2.79. The number of halogens is 1. The maximum Gasteiger partial charge on any atom is 0.310 e. The molecule has 0 aliphatic heterocycles. The fraction of sp³-hybridized carbons (Fsp3) is 0.333. The Balaban J connectivity index is 1.81. The molecule has 0 N–H and O–H groups in total. The average molecular weight is 426 g/mol. The van der Waals surface area contributed by atoms with Crippen LogP contribution < -0.4 is 4.74 Å². The highest BCUT2D eigenvalue weighted by atomic mass is 35.5. The molecule has 0 radical (unpaired) electrons. The van der Waals surface area contributed by atoms with Gasteiger partial charge >= 0.3 is 5.97 Å². The zero-order valence-corrected chi connectivity index (χ0v) is 18.1. The van der Waals surface area contributed by atoms with Gasteiger partial charge in [0.1, 0.15) is 11.9 Å². The number of carbonyl (C=O) groups is 2. The van der Waals surface area contributed by atoms with Gasteiger partial charge in [-0.2, -0.15) is 0 Å². The molecular formula is C24H24ClNO4. The Morgan fingerprint density at radius 2 is 1.83 bits per heavy atom. The highest BCUT2D eigenvalue weighted by Gasteiger charge is 2.26. The molecule has 1 aliphatic carbocycles. The van der Waals surface area contributed by atoms with Crippen LogP contribution in [0.15, 0.2) is 36.4 Å². The lowest BCUT2D eigenvalue weighted by Gasteiger charge is -2.25. The van der Waals surface area contributed by atoms with E-state index in [1.165, 1.54) is 0 Å². The molecule has 2 aromatic carbocycles. The maximum absolute atomic E-state index is 13.4. The third kappa shape index (κ3) is 3.70. The van der Waals surface area contributed by atoms with E-state index in [1.54, 1.807) is 35.9 Å². The Morgan fingerprint density at radius 1 is 1.13 bits per heavy atom. The number of benzene rings is 2. The number of nitrogens with zero attached hydrogens (tertiary/aromatic N) is 1. The van der Waals surface area contributed by atoms with E-state index < -0.39 is 0 Å². The summed E-state index contributed by atoms with van der Waals surface area (Å²) in [5, 5.41) is 1.17. The largest absolute Gasteiger partial charge is 0.495 e. The average Bonchev–Trinajstić information content (AvgIpc) is 2.94. The van der Waals surface area contributed by atoms with E-state index in [2.05, 4.69) is 0 Å². The number of hydrogen-bond donors (Lipinski definition) is 0. The fourth-order valence-corrected chi connectivity index (χ4v) is 4.04. The topological polar surface area (TPSA) is 57.5 Å². The molecule has 5 nitrogen and oxygen atoms in total. The minimum atomic E-state index is -0.279. The molecule has 1 saturated carbocycles. The molecule has 156 valence electrons. The van der Waals surface area contributed by atoms with E-state index in [9.17, 15) is 9.59 Å². The molecule has 1 aromatic heterocycles. The highest BCUT2D eigenvalue weighted by Crippen LogP contribution is 2.36. The van der Waals surface area contributed by atoms with Crippen molar-refractivity contribution in [1.29, 1.82) is 0 Å². The van der Waals surface area contributed by atoms with Crippen molar-refractivity contribution in [2.24, 2.45) is 0 Å². The van der Waals surface area contributed by atoms with Crippen LogP contribution in [-0.2, 0) is 16.0 Å². The number of rotatable bonds is 5. The predicted octanol–water partition coefficient (Wildman–Crippen LogP) is 5.25. The van der Waals surface area contributed by atoms with Gasteiger partial charge in [0.05, 0.1) is 24.1 Å². The second-order valence-electron chi connectivity index (χ2n) is 7.79. The van der Waals surface area contributed by atoms with E-state index in [0.29, 0.717) is 27.5 Å². The van der Waals surface area contributed by atoms with Crippen LogP contribution in [0.1, 0.15) is 46.4 Å². The SMILES string of the molecule is COc1cc2c(CC(=O)OC3CCC3)c(C)n(C(=O)c3ccc(C)cc3)c2cc1Cl. The van der Waals surface area contributed by atoms with Crippen LogP contribution in [0.25, 0.3) is 10.9 Å². The monoisotopic (exact) mass is 425 g/mol. The molecule has 0 bridgehead atoms. The molecule has 0 amide bonds. The van der Waals surface area contributed by atoms with Gasteiger partial charge in [-0.05, 0) is 62.9 Å². The third-order valence-corrected chi connectivity index (χ3v) is 6.08. The number of hydrogen-bond acceptors (Lipinski definition) is 4. The summed E-state index contributed by atoms with van der Waals surface area (Å²) in [6.07, 6.45) is 3.04. The second-order valence-corrected chi connectivity index (χ2v) is 8.20. The molecule has 30 heavy (non-hydrogen) atoms. The fourth-order valence-electron chi connectivity index (χ4n) is 3.81. The van der Waals surface area contributed by atoms with Crippen molar-refractivity contribution >= 4 is 34.4 Å². The first kappa shape index (κ1) is 20.5. The van der Waals surface area contributed by atoms with Crippen molar-refractivity contribution < 1.29 is 19.1 Å². The Bertz CT molecular complexity index is 1130. The summed E-state index contributed by atoms with van der Waals surface area (Å²) in [4.78, 5) is 25.9. The van der Waals surface area contributed by atoms with E-state index >= 15 is 0 Å². The van der Waals surface area contributed by atoms with Crippen molar-refractivity contribution in [2.75, 3.05) is 7.11 Å². The summed E-state index contributed by atoms with van der Waals surface area (Å²) in [5.74, 6) is 0.0496. The zero-order valence-electron chi connectivity index (χ0n) is 17.3. The molecule has 1 fully saturated rings. The van der Waals surface area contributed by atoms with Crippen molar-refractivity contribution in [2.45, 2.75) is 45.6 Å². The van der Waals surface area contributed by atoms with Gasteiger partial charge in [0.2, 0.25) is 0 Å². The quantitative estimate of drug-likeness (QED) is 0.524. The molecule has 0 saturated heterocycles. The van der Waals surface area contributed by atoms with E-state index in [-0.39, 0.29) is 24.4 Å². The van der Waals surface area contributed by atoms with Gasteiger partial charge in [0, 0.05) is 16.6 Å². The first-order chi connectivity index (χ1) is 14.4. The molecular weight excluding hydrogens is 402 g/mol. The molecule has 0 unspecified atom stereocenters. The Morgan fingerprint density at radius 3 is 2.43 bits per heavy atom. The summed E-state index contributed by atoms with van der Waals surface area (Å²) >= 11 is 6.37. The third-order valence-electron chi connectivity index (χ3n) is 5.78. The molecule has 0 spiro atoms. The smallest absolute Gasteiger partial charge is 0.310 e. The van der Waals surface area contributed by atoms with Gasteiger partial charge in [-0.15, -0.1) is 0 Å². The van der Waals surface area contributed by atoms with Crippen LogP contribution in [0.3, 0.4) is 0 Å². The summed E-state index contributed by atoms with van der Waals surface area (Å²) in [6, 6.07) is 10.9. The molecule has 1 heterocycles. The molecule has 3 aromatic rings. The number of esters is 1. The van der Waals surface area contributed by atoms with Gasteiger partial charge in [0.15, 0.2) is 0 Å². The summed E-state index contributed by atoms with van der Waals surface area (Å²) in [7, 11) is 1.54. The Kier molecular flexibility index (Phi) is 5.56. The van der Waals surface area contributed by atoms with E-state index in [0.717, 1.165) is 35.8 Å². The first-order valence-electron chi connectivity index (χ1n) is 10.1. The normalized spacial score (nSPS) is 13.9. The van der Waals surface area contributed by atoms with Crippen molar-refractivity contribution in [3.8, 4) is 5.75 Å². The van der Waals surface area contributed by atoms with Gasteiger partial charge in [-0.25, -0.2) is 0 Å². The lowest BCUT2D eigenvalue weighted by molar-refractivity contribution is -0.152. The standard InChI is InChI=1S/C24H24ClNO4/c1-14-7-9-16(10-8-14)24(28)26-15(2)18(12-23(27)30-17-5-4-6-17)19-11-22(29-3)20(25)13-21(19)26/h7-11,13,17H,4-6,12H2,1-3H3. The second kappa shape index (κ2) is 8.15. The number of methoxy groups -OCH3 is 1. The number of aromatic nitrogens is 1.